The number of hydrogen-bond donors (Lipinski definition) is 2. The Morgan fingerprint density at radius 1 is 1.14 bits per heavy atom. The Hall–Kier alpha value is -1.26. The molecule has 0 aromatic heterocycles. The zero-order valence-electron chi connectivity index (χ0n) is 14.1. The first-order valence-electron chi connectivity index (χ1n) is 7.38. The van der Waals surface area contributed by atoms with Gasteiger partial charge >= 0.3 is 0 Å². The first-order chi connectivity index (χ1) is 9.62. The number of benzene rings is 1. The Bertz CT molecular complexity index is 444. The lowest BCUT2D eigenvalue weighted by molar-refractivity contribution is 0.0547. The van der Waals surface area contributed by atoms with Crippen LogP contribution in [0.4, 0.5) is 0 Å². The molecule has 0 atom stereocenters. The number of methoxy groups -OCH3 is 1. The van der Waals surface area contributed by atoms with E-state index in [0.717, 1.165) is 17.1 Å². The van der Waals surface area contributed by atoms with Crippen molar-refractivity contribution >= 4 is 0 Å². The molecule has 1 aromatic rings. The summed E-state index contributed by atoms with van der Waals surface area (Å²) in [5, 5.41) is 13.2. The molecule has 0 radical (unpaired) electrons. The van der Waals surface area contributed by atoms with Gasteiger partial charge in [0.1, 0.15) is 0 Å². The molecule has 0 spiro atoms. The average molecular weight is 295 g/mol. The molecule has 1 aromatic carbocycles. The van der Waals surface area contributed by atoms with Gasteiger partial charge in [0.25, 0.3) is 0 Å². The third kappa shape index (κ3) is 6.82. The summed E-state index contributed by atoms with van der Waals surface area (Å²) in [4.78, 5) is 0. The molecule has 2 N–H and O–H groups in total. The van der Waals surface area contributed by atoms with Crippen molar-refractivity contribution in [1.82, 2.24) is 5.32 Å². The molecule has 0 saturated carbocycles. The lowest BCUT2D eigenvalue weighted by atomic mass is 10.1. The van der Waals surface area contributed by atoms with Gasteiger partial charge in [-0.25, -0.2) is 0 Å². The summed E-state index contributed by atoms with van der Waals surface area (Å²) in [6, 6.07) is 5.88. The minimum absolute atomic E-state index is 0.0352. The highest BCUT2D eigenvalue weighted by molar-refractivity contribution is 5.46. The van der Waals surface area contributed by atoms with E-state index < -0.39 is 5.60 Å². The second kappa shape index (κ2) is 7.14. The molecule has 0 aliphatic rings. The van der Waals surface area contributed by atoms with Crippen molar-refractivity contribution in [3.63, 3.8) is 0 Å². The predicted molar refractivity (Wildman–Crippen MR) is 86.0 cm³/mol. The van der Waals surface area contributed by atoms with Crippen LogP contribution in [0.5, 0.6) is 11.5 Å². The maximum absolute atomic E-state index is 9.78. The number of nitrogens with one attached hydrogen (secondary N) is 1. The van der Waals surface area contributed by atoms with Crippen LogP contribution >= 0.6 is 0 Å². The lowest BCUT2D eigenvalue weighted by Crippen LogP contribution is -2.35. The predicted octanol–water partition coefficient (Wildman–Crippen LogP) is 3.12. The van der Waals surface area contributed by atoms with Crippen molar-refractivity contribution < 1.29 is 14.6 Å². The van der Waals surface area contributed by atoms with Gasteiger partial charge in [-0.15, -0.1) is 0 Å². The van der Waals surface area contributed by atoms with E-state index in [9.17, 15) is 5.11 Å². The molecular weight excluding hydrogens is 266 g/mol. The van der Waals surface area contributed by atoms with Crippen LogP contribution in [-0.4, -0.2) is 30.0 Å². The smallest absolute Gasteiger partial charge is 0.165 e. The highest BCUT2D eigenvalue weighted by atomic mass is 16.5. The van der Waals surface area contributed by atoms with Crippen molar-refractivity contribution in [2.75, 3.05) is 13.7 Å². The molecule has 0 aliphatic carbocycles. The van der Waals surface area contributed by atoms with Crippen molar-refractivity contribution in [3.8, 4) is 11.5 Å². The van der Waals surface area contributed by atoms with Crippen LogP contribution in [0.2, 0.25) is 0 Å². The second-order valence-corrected chi connectivity index (χ2v) is 6.96. The first kappa shape index (κ1) is 17.8. The third-order valence-electron chi connectivity index (χ3n) is 3.05. The molecule has 0 bridgehead atoms. The molecule has 4 heteroatoms. The van der Waals surface area contributed by atoms with Gasteiger partial charge in [0.15, 0.2) is 11.5 Å². The third-order valence-corrected chi connectivity index (χ3v) is 3.05. The van der Waals surface area contributed by atoms with Crippen LogP contribution < -0.4 is 14.8 Å². The second-order valence-electron chi connectivity index (χ2n) is 6.96. The van der Waals surface area contributed by atoms with E-state index in [0.29, 0.717) is 19.6 Å². The quantitative estimate of drug-likeness (QED) is 0.811. The number of rotatable bonds is 7. The van der Waals surface area contributed by atoms with Crippen LogP contribution in [0.25, 0.3) is 0 Å². The molecule has 1 rings (SSSR count). The maximum Gasteiger partial charge on any atom is 0.165 e. The van der Waals surface area contributed by atoms with Crippen molar-refractivity contribution in [2.45, 2.75) is 58.7 Å². The Kier molecular flexibility index (Phi) is 6.05. The van der Waals surface area contributed by atoms with E-state index in [1.54, 1.807) is 21.0 Å². The average Bonchev–Trinajstić information content (AvgIpc) is 2.34. The van der Waals surface area contributed by atoms with E-state index >= 15 is 0 Å². The van der Waals surface area contributed by atoms with Gasteiger partial charge in [0.05, 0.1) is 19.3 Å². The minimum Gasteiger partial charge on any atom is -0.493 e. The minimum atomic E-state index is -0.730. The highest BCUT2D eigenvalue weighted by Crippen LogP contribution is 2.31. The monoisotopic (exact) mass is 295 g/mol. The van der Waals surface area contributed by atoms with Gasteiger partial charge in [-0.05, 0) is 40.7 Å². The first-order valence-corrected chi connectivity index (χ1v) is 7.38. The topological polar surface area (TPSA) is 50.7 Å². The molecule has 21 heavy (non-hydrogen) atoms. The van der Waals surface area contributed by atoms with E-state index in [-0.39, 0.29) is 5.54 Å². The molecule has 0 fully saturated rings. The highest BCUT2D eigenvalue weighted by Gasteiger charge is 2.16. The summed E-state index contributed by atoms with van der Waals surface area (Å²) in [7, 11) is 1.64. The van der Waals surface area contributed by atoms with E-state index in [1.807, 2.05) is 18.2 Å². The Morgan fingerprint density at radius 3 is 2.33 bits per heavy atom. The Morgan fingerprint density at radius 2 is 1.81 bits per heavy atom. The molecule has 0 saturated heterocycles. The number of aliphatic hydroxyl groups is 1. The Balaban J connectivity index is 2.82. The fraction of sp³-hybridized carbons (Fsp3) is 0.647. The zero-order valence-corrected chi connectivity index (χ0v) is 14.1. The van der Waals surface area contributed by atoms with Crippen LogP contribution in [-0.2, 0) is 6.54 Å². The van der Waals surface area contributed by atoms with Gasteiger partial charge in [-0.1, -0.05) is 12.1 Å². The van der Waals surface area contributed by atoms with Crippen LogP contribution in [0.3, 0.4) is 0 Å². The number of para-hydroxylation sites is 1. The van der Waals surface area contributed by atoms with Gasteiger partial charge < -0.3 is 19.9 Å². The van der Waals surface area contributed by atoms with Crippen molar-refractivity contribution in [2.24, 2.45) is 0 Å². The summed E-state index contributed by atoms with van der Waals surface area (Å²) >= 11 is 0. The summed E-state index contributed by atoms with van der Waals surface area (Å²) in [6.07, 6.45) is 0.567. The molecule has 0 heterocycles. The van der Waals surface area contributed by atoms with Crippen LogP contribution in [0.15, 0.2) is 18.2 Å². The van der Waals surface area contributed by atoms with Gasteiger partial charge in [-0.3, -0.25) is 0 Å². The number of ether oxygens (including phenoxy) is 2. The van der Waals surface area contributed by atoms with Crippen LogP contribution in [0, 0.1) is 0 Å². The summed E-state index contributed by atoms with van der Waals surface area (Å²) in [5.41, 5.74) is 0.360. The molecule has 0 aliphatic heterocycles. The number of hydrogen-bond acceptors (Lipinski definition) is 4. The van der Waals surface area contributed by atoms with E-state index in [1.165, 1.54) is 0 Å². The molecule has 120 valence electrons. The molecule has 4 nitrogen and oxygen atoms in total. The maximum atomic E-state index is 9.78. The van der Waals surface area contributed by atoms with E-state index in [4.69, 9.17) is 9.47 Å². The van der Waals surface area contributed by atoms with Crippen LogP contribution in [0.1, 0.15) is 46.6 Å². The van der Waals surface area contributed by atoms with E-state index in [2.05, 4.69) is 26.1 Å². The van der Waals surface area contributed by atoms with Gasteiger partial charge in [0, 0.05) is 24.1 Å². The fourth-order valence-electron chi connectivity index (χ4n) is 1.79. The Labute approximate surface area is 128 Å². The summed E-state index contributed by atoms with van der Waals surface area (Å²) < 4.78 is 11.3. The lowest BCUT2D eigenvalue weighted by Gasteiger charge is -2.23. The van der Waals surface area contributed by atoms with Crippen molar-refractivity contribution in [1.29, 1.82) is 0 Å². The zero-order chi connectivity index (χ0) is 16.1. The molecule has 0 amide bonds. The largest absolute Gasteiger partial charge is 0.493 e. The molecular formula is C17H29NO3. The van der Waals surface area contributed by atoms with Gasteiger partial charge in [0.2, 0.25) is 0 Å². The molecule has 0 unspecified atom stereocenters. The SMILES string of the molecule is COc1cccc(CNC(C)(C)C)c1OCCC(C)(C)O. The fourth-order valence-corrected chi connectivity index (χ4v) is 1.79. The summed E-state index contributed by atoms with van der Waals surface area (Å²) in [5.74, 6) is 1.47. The van der Waals surface area contributed by atoms with Crippen molar-refractivity contribution in [3.05, 3.63) is 23.8 Å². The normalized spacial score (nSPS) is 12.3. The standard InChI is InChI=1S/C17H29NO3/c1-16(2,3)18-12-13-8-7-9-14(20-6)15(13)21-11-10-17(4,5)19/h7-9,18-19H,10-12H2,1-6H3. The summed E-state index contributed by atoms with van der Waals surface area (Å²) in [6.45, 7) is 11.1. The van der Waals surface area contributed by atoms with Gasteiger partial charge in [-0.2, -0.15) is 0 Å².